The molecule has 0 aliphatic rings. The number of hydrogen-bond donors (Lipinski definition) is 6. The molecule has 4 aromatic carbocycles. The van der Waals surface area contributed by atoms with Gasteiger partial charge in [0, 0.05) is 26.6 Å². The average Bonchev–Trinajstić information content (AvgIpc) is 2.94. The Balaban J connectivity index is 1.37. The first-order chi connectivity index (χ1) is 20.1. The quantitative estimate of drug-likeness (QED) is 0.0657. The topological polar surface area (TPSA) is 168 Å². The van der Waals surface area contributed by atoms with Gasteiger partial charge in [-0.1, -0.05) is 12.1 Å². The predicted octanol–water partition coefficient (Wildman–Crippen LogP) is 5.99. The van der Waals surface area contributed by atoms with Crippen LogP contribution in [0.1, 0.15) is 0 Å². The molecule has 0 bridgehead atoms. The Bertz CT molecular complexity index is 1920. The maximum Gasteiger partial charge on any atom is 0.315 e. The Labute approximate surface area is 250 Å². The molecule has 0 atom stereocenters. The maximum atomic E-state index is 14.3. The van der Waals surface area contributed by atoms with Crippen LogP contribution in [0.3, 0.4) is 0 Å². The molecule has 0 fully saturated rings. The Morgan fingerprint density at radius 3 is 2.24 bits per heavy atom. The van der Waals surface area contributed by atoms with Gasteiger partial charge < -0.3 is 21.5 Å². The number of benzene rings is 4. The summed E-state index contributed by atoms with van der Waals surface area (Å²) in [6.07, 6.45) is -1.04. The number of halogens is 1. The van der Waals surface area contributed by atoms with Gasteiger partial charge in [-0.3, -0.25) is 0 Å². The zero-order valence-electron chi connectivity index (χ0n) is 21.6. The van der Waals surface area contributed by atoms with E-state index in [1.165, 1.54) is 24.3 Å². The number of nitrogens with one attached hydrogen (secondary N) is 2. The van der Waals surface area contributed by atoms with Crippen molar-refractivity contribution in [3.05, 3.63) is 78.9 Å². The lowest BCUT2D eigenvalue weighted by atomic mass is 10.1. The Hall–Kier alpha value is -4.31. The zero-order valence-corrected chi connectivity index (χ0v) is 24.2. The Kier molecular flexibility index (Phi) is 8.54. The van der Waals surface area contributed by atoms with E-state index in [1.807, 2.05) is 24.3 Å². The molecule has 0 unspecified atom stereocenters. The fourth-order valence-corrected chi connectivity index (χ4v) is 5.32. The van der Waals surface area contributed by atoms with Gasteiger partial charge in [0.15, 0.2) is 9.84 Å². The van der Waals surface area contributed by atoms with E-state index in [-0.39, 0.29) is 22.5 Å². The third kappa shape index (κ3) is 6.76. The van der Waals surface area contributed by atoms with Crippen molar-refractivity contribution in [1.82, 2.24) is 15.0 Å². The summed E-state index contributed by atoms with van der Waals surface area (Å²) in [6, 6.07) is 20.0. The number of hydrogen-bond acceptors (Lipinski definition) is 13. The van der Waals surface area contributed by atoms with E-state index in [0.717, 1.165) is 15.7 Å². The summed E-state index contributed by atoms with van der Waals surface area (Å²) in [5.74, 6) is -0.600. The lowest BCUT2D eigenvalue weighted by Crippen LogP contribution is -2.10. The molecule has 5 N–H and O–H groups in total. The molecule has 1 heterocycles. The van der Waals surface area contributed by atoms with E-state index in [9.17, 15) is 12.8 Å². The van der Waals surface area contributed by atoms with Crippen LogP contribution in [0.5, 0.6) is 0 Å². The van der Waals surface area contributed by atoms with Crippen molar-refractivity contribution < 1.29 is 17.9 Å². The number of aliphatic hydroxyl groups excluding tert-OH is 1. The van der Waals surface area contributed by atoms with Crippen molar-refractivity contribution in [2.75, 3.05) is 28.7 Å². The highest BCUT2D eigenvalue weighted by atomic mass is 32.2. The van der Waals surface area contributed by atoms with Crippen LogP contribution in [0.25, 0.3) is 10.8 Å². The number of azo groups is 1. The van der Waals surface area contributed by atoms with Crippen LogP contribution in [-0.4, -0.2) is 40.8 Å². The minimum absolute atomic E-state index is 0.0430. The van der Waals surface area contributed by atoms with Crippen molar-refractivity contribution >= 4 is 86.2 Å². The van der Waals surface area contributed by atoms with Crippen molar-refractivity contribution in [3.8, 4) is 0 Å². The monoisotopic (exact) mass is 622 g/mol. The number of anilines is 5. The second-order valence-corrected chi connectivity index (χ2v) is 12.0. The summed E-state index contributed by atoms with van der Waals surface area (Å²) in [7, 11) is -3.61. The highest BCUT2D eigenvalue weighted by Crippen LogP contribution is 2.36. The van der Waals surface area contributed by atoms with Crippen molar-refractivity contribution in [2.45, 2.75) is 14.7 Å². The molecule has 0 saturated carbocycles. The number of aliphatic hydroxyl groups is 1. The van der Waals surface area contributed by atoms with E-state index in [4.69, 9.17) is 10.8 Å². The van der Waals surface area contributed by atoms with Crippen molar-refractivity contribution in [2.24, 2.45) is 10.2 Å². The molecule has 0 aliphatic heterocycles. The van der Waals surface area contributed by atoms with Gasteiger partial charge in [0.2, 0.25) is 11.9 Å². The average molecular weight is 623 g/mol. The lowest BCUT2D eigenvalue weighted by Gasteiger charge is -2.10. The van der Waals surface area contributed by atoms with E-state index in [2.05, 4.69) is 61.1 Å². The molecule has 15 heteroatoms. The molecule has 42 heavy (non-hydrogen) atoms. The van der Waals surface area contributed by atoms with Crippen molar-refractivity contribution in [1.29, 1.82) is 0 Å². The highest BCUT2D eigenvalue weighted by molar-refractivity contribution is 7.91. The van der Waals surface area contributed by atoms with Crippen LogP contribution in [0.4, 0.5) is 44.7 Å². The second-order valence-electron chi connectivity index (χ2n) is 8.88. The summed E-state index contributed by atoms with van der Waals surface area (Å²) in [6.45, 7) is -0.487. The molecule has 11 nitrogen and oxygen atoms in total. The number of nitrogens with two attached hydrogens (primary N) is 1. The molecular weight excluding hydrogens is 600 g/mol. The molecule has 1 aromatic heterocycles. The minimum Gasteiger partial charge on any atom is -0.397 e. The zero-order chi connectivity index (χ0) is 29.9. The normalized spacial score (nSPS) is 11.7. The third-order valence-electron chi connectivity index (χ3n) is 5.93. The van der Waals surface area contributed by atoms with Gasteiger partial charge in [-0.2, -0.15) is 19.3 Å². The number of aromatic nitrogens is 3. The SMILES string of the molecule is Nc1ccc2ccc(S)cc2c1/N=N/c1cc(Nc2nc(F)nc(Nc3ccc(S(=O)(=O)CCO)cc3)n2)ccc1S. The van der Waals surface area contributed by atoms with E-state index in [0.29, 0.717) is 33.3 Å². The number of thiol groups is 2. The third-order valence-corrected chi connectivity index (χ3v) is 8.30. The molecular formula is C27H23FN8O3S3. The van der Waals surface area contributed by atoms with E-state index in [1.54, 1.807) is 24.3 Å². The van der Waals surface area contributed by atoms with Gasteiger partial charge in [-0.25, -0.2) is 8.42 Å². The number of rotatable bonds is 9. The van der Waals surface area contributed by atoms with Crippen LogP contribution in [-0.2, 0) is 9.84 Å². The Morgan fingerprint density at radius 1 is 0.857 bits per heavy atom. The summed E-state index contributed by atoms with van der Waals surface area (Å²) >= 11 is 8.88. The standard InChI is InChI=1S/C27H23FN8O3S3/c28-25-32-26(30-16-3-7-19(8-4-16)42(38,39)12-11-37)34-27(33-25)31-17-5-10-23(41)22(13-17)35-36-24-20-14-18(40)6-1-15(20)2-9-21(24)29/h1-10,13-14,37,40-41H,11-12,29H2,(H2,30,31,32,33,34)/b36-35+. The van der Waals surface area contributed by atoms with Gasteiger partial charge in [0.1, 0.15) is 11.4 Å². The molecule has 5 aromatic rings. The first kappa shape index (κ1) is 29.2. The van der Waals surface area contributed by atoms with E-state index < -0.39 is 22.5 Å². The molecule has 0 saturated heterocycles. The molecule has 0 amide bonds. The Morgan fingerprint density at radius 2 is 1.52 bits per heavy atom. The smallest absolute Gasteiger partial charge is 0.315 e. The summed E-state index contributed by atoms with van der Waals surface area (Å²) < 4.78 is 38.5. The van der Waals surface area contributed by atoms with E-state index >= 15 is 0 Å². The lowest BCUT2D eigenvalue weighted by molar-refractivity contribution is 0.319. The first-order valence-electron chi connectivity index (χ1n) is 12.3. The van der Waals surface area contributed by atoms with Crippen LogP contribution in [0.2, 0.25) is 0 Å². The fraction of sp³-hybridized carbons (Fsp3) is 0.0741. The van der Waals surface area contributed by atoms with Gasteiger partial charge in [-0.05, 0) is 66.0 Å². The molecule has 0 aliphatic carbocycles. The molecule has 0 radical (unpaired) electrons. The predicted molar refractivity (Wildman–Crippen MR) is 165 cm³/mol. The van der Waals surface area contributed by atoms with Crippen LogP contribution >= 0.6 is 25.3 Å². The minimum atomic E-state index is -3.61. The fourth-order valence-electron chi connectivity index (χ4n) is 3.91. The number of sulfone groups is 1. The molecule has 0 spiro atoms. The number of nitrogen functional groups attached to an aromatic ring is 1. The molecule has 5 rings (SSSR count). The number of fused-ring (bicyclic) bond motifs is 1. The highest BCUT2D eigenvalue weighted by Gasteiger charge is 2.14. The molecule has 214 valence electrons. The van der Waals surface area contributed by atoms with Crippen LogP contribution < -0.4 is 16.4 Å². The maximum absolute atomic E-state index is 14.3. The summed E-state index contributed by atoms with van der Waals surface area (Å²) in [5.41, 5.74) is 8.41. The van der Waals surface area contributed by atoms with Gasteiger partial charge in [0.25, 0.3) is 0 Å². The number of nitrogens with zero attached hydrogens (tertiary/aromatic N) is 5. The van der Waals surface area contributed by atoms with Gasteiger partial charge >= 0.3 is 6.08 Å². The summed E-state index contributed by atoms with van der Waals surface area (Å²) in [4.78, 5) is 12.9. The van der Waals surface area contributed by atoms with Gasteiger partial charge in [0.05, 0.1) is 22.9 Å². The second kappa shape index (κ2) is 12.3. The first-order valence-corrected chi connectivity index (χ1v) is 14.8. The van der Waals surface area contributed by atoms with Crippen LogP contribution in [0, 0.1) is 6.08 Å². The summed E-state index contributed by atoms with van der Waals surface area (Å²) in [5, 5.41) is 25.1. The van der Waals surface area contributed by atoms with Gasteiger partial charge in [-0.15, -0.1) is 35.5 Å². The van der Waals surface area contributed by atoms with Crippen LogP contribution in [0.15, 0.2) is 97.7 Å². The largest absolute Gasteiger partial charge is 0.397 e. The van der Waals surface area contributed by atoms with Crippen molar-refractivity contribution in [3.63, 3.8) is 0 Å².